The van der Waals surface area contributed by atoms with Gasteiger partial charge in [-0.25, -0.2) is 0 Å². The van der Waals surface area contributed by atoms with Crippen molar-refractivity contribution in [2.45, 2.75) is 51.5 Å². The summed E-state index contributed by atoms with van der Waals surface area (Å²) in [4.78, 5) is 24.1. The van der Waals surface area contributed by atoms with Crippen LogP contribution in [0, 0.1) is 17.4 Å². The van der Waals surface area contributed by atoms with Gasteiger partial charge in [-0.3, -0.25) is 14.5 Å². The van der Waals surface area contributed by atoms with E-state index in [9.17, 15) is 9.59 Å². The van der Waals surface area contributed by atoms with Crippen molar-refractivity contribution < 1.29 is 9.59 Å². The Balaban J connectivity index is 2.62. The summed E-state index contributed by atoms with van der Waals surface area (Å²) in [6, 6.07) is -0.560. The van der Waals surface area contributed by atoms with Crippen LogP contribution in [0.5, 0.6) is 0 Å². The summed E-state index contributed by atoms with van der Waals surface area (Å²) in [5, 5.41) is 11.4. The molecule has 1 N–H and O–H groups in total. The van der Waals surface area contributed by atoms with E-state index in [2.05, 4.69) is 5.32 Å². The fraction of sp³-hybridized carbons (Fsp3) is 0.769. The molecular weight excluding hydrogens is 230 g/mol. The van der Waals surface area contributed by atoms with Crippen molar-refractivity contribution in [2.24, 2.45) is 5.92 Å². The lowest BCUT2D eigenvalue weighted by atomic mass is 9.84. The number of carbonyl (C=O) groups is 2. The third-order valence-electron chi connectivity index (χ3n) is 3.45. The smallest absolute Gasteiger partial charge is 0.257 e. The lowest BCUT2D eigenvalue weighted by molar-refractivity contribution is -0.133. The number of amides is 2. The molecule has 1 rings (SSSR count). The van der Waals surface area contributed by atoms with E-state index >= 15 is 0 Å². The van der Waals surface area contributed by atoms with Crippen molar-refractivity contribution >= 4 is 11.8 Å². The molecule has 0 radical (unpaired) electrons. The Morgan fingerprint density at radius 1 is 1.39 bits per heavy atom. The van der Waals surface area contributed by atoms with Gasteiger partial charge in [0.25, 0.3) is 5.91 Å². The van der Waals surface area contributed by atoms with Crippen LogP contribution in [0.3, 0.4) is 0 Å². The molecule has 0 aromatic rings. The van der Waals surface area contributed by atoms with E-state index in [0.29, 0.717) is 12.3 Å². The number of nitrogens with one attached hydrogen (secondary N) is 1. The first-order valence-corrected chi connectivity index (χ1v) is 6.49. The largest absolute Gasteiger partial charge is 0.344 e. The maximum atomic E-state index is 12.0. The summed E-state index contributed by atoms with van der Waals surface area (Å²) in [7, 11) is 1.43. The molecule has 5 nitrogen and oxygen atoms in total. The predicted octanol–water partition coefficient (Wildman–Crippen LogP) is 1.40. The standard InChI is InChI=1S/C13H21N3O2/c1-10(17)15-12(13(18)16(2)9-14)8-11-6-4-3-5-7-11/h11-12H,3-8H2,1-2H3,(H,15,17)/t12-/m0/s1. The molecule has 1 aliphatic rings. The number of hydrogen-bond donors (Lipinski definition) is 1. The zero-order valence-corrected chi connectivity index (χ0v) is 11.1. The highest BCUT2D eigenvalue weighted by atomic mass is 16.2. The van der Waals surface area contributed by atoms with Crippen molar-refractivity contribution in [3.63, 3.8) is 0 Å². The second kappa shape index (κ2) is 7.00. The van der Waals surface area contributed by atoms with Crippen LogP contribution < -0.4 is 5.32 Å². The molecule has 1 aliphatic carbocycles. The number of hydrogen-bond acceptors (Lipinski definition) is 3. The van der Waals surface area contributed by atoms with Crippen LogP contribution in [0.2, 0.25) is 0 Å². The first-order valence-electron chi connectivity index (χ1n) is 6.49. The van der Waals surface area contributed by atoms with Crippen molar-refractivity contribution in [3.8, 4) is 6.19 Å². The van der Waals surface area contributed by atoms with E-state index in [1.54, 1.807) is 6.19 Å². The van der Waals surface area contributed by atoms with Crippen LogP contribution in [-0.4, -0.2) is 29.8 Å². The van der Waals surface area contributed by atoms with Crippen LogP contribution in [0.4, 0.5) is 0 Å². The molecule has 100 valence electrons. The number of rotatable bonds is 4. The number of nitrogens with zero attached hydrogens (tertiary/aromatic N) is 2. The molecule has 0 heterocycles. The molecule has 1 atom stereocenters. The zero-order valence-electron chi connectivity index (χ0n) is 11.1. The van der Waals surface area contributed by atoms with E-state index in [-0.39, 0.29) is 11.8 Å². The van der Waals surface area contributed by atoms with E-state index in [1.807, 2.05) is 0 Å². The van der Waals surface area contributed by atoms with Gasteiger partial charge in [-0.2, -0.15) is 5.26 Å². The Labute approximate surface area is 108 Å². The van der Waals surface area contributed by atoms with Crippen LogP contribution in [0.1, 0.15) is 45.4 Å². The van der Waals surface area contributed by atoms with Gasteiger partial charge >= 0.3 is 0 Å². The van der Waals surface area contributed by atoms with Crippen molar-refractivity contribution in [3.05, 3.63) is 0 Å². The summed E-state index contributed by atoms with van der Waals surface area (Å²) >= 11 is 0. The molecule has 2 amide bonds. The predicted molar refractivity (Wildman–Crippen MR) is 67.2 cm³/mol. The quantitative estimate of drug-likeness (QED) is 0.606. The van der Waals surface area contributed by atoms with Gasteiger partial charge in [-0.1, -0.05) is 32.1 Å². The van der Waals surface area contributed by atoms with Gasteiger partial charge < -0.3 is 5.32 Å². The third-order valence-corrected chi connectivity index (χ3v) is 3.45. The summed E-state index contributed by atoms with van der Waals surface area (Å²) in [6.07, 6.45) is 8.30. The molecule has 0 unspecified atom stereocenters. The van der Waals surface area contributed by atoms with E-state index in [0.717, 1.165) is 17.7 Å². The van der Waals surface area contributed by atoms with Crippen LogP contribution >= 0.6 is 0 Å². The Hall–Kier alpha value is -1.57. The second-order valence-electron chi connectivity index (χ2n) is 4.99. The Morgan fingerprint density at radius 2 is 2.00 bits per heavy atom. The number of nitriles is 1. The molecule has 5 heteroatoms. The first kappa shape index (κ1) is 14.5. The SMILES string of the molecule is CC(=O)N[C@@H](CC1CCCCC1)C(=O)N(C)C#N. The summed E-state index contributed by atoms with van der Waals surface area (Å²) in [5.74, 6) is -0.0691. The third kappa shape index (κ3) is 4.36. The van der Waals surface area contributed by atoms with Gasteiger partial charge in [0.15, 0.2) is 6.19 Å². The second-order valence-corrected chi connectivity index (χ2v) is 4.99. The maximum Gasteiger partial charge on any atom is 0.257 e. The average Bonchev–Trinajstić information content (AvgIpc) is 2.37. The lowest BCUT2D eigenvalue weighted by Gasteiger charge is -2.27. The maximum absolute atomic E-state index is 12.0. The minimum absolute atomic E-state index is 0.226. The number of likely N-dealkylation sites (N-methyl/N-ethyl adjacent to an activating group) is 1. The fourth-order valence-electron chi connectivity index (χ4n) is 2.51. The van der Waals surface area contributed by atoms with Crippen molar-refractivity contribution in [2.75, 3.05) is 7.05 Å². The highest BCUT2D eigenvalue weighted by molar-refractivity contribution is 5.87. The molecule has 0 saturated heterocycles. The van der Waals surface area contributed by atoms with Gasteiger partial charge in [0, 0.05) is 14.0 Å². The summed E-state index contributed by atoms with van der Waals surface area (Å²) in [6.45, 7) is 1.40. The topological polar surface area (TPSA) is 73.2 Å². The van der Waals surface area contributed by atoms with Gasteiger partial charge in [0.1, 0.15) is 6.04 Å². The van der Waals surface area contributed by atoms with Crippen LogP contribution in [0.15, 0.2) is 0 Å². The minimum Gasteiger partial charge on any atom is -0.344 e. The van der Waals surface area contributed by atoms with E-state index in [4.69, 9.17) is 5.26 Å². The Morgan fingerprint density at radius 3 is 2.50 bits per heavy atom. The molecule has 0 aromatic heterocycles. The van der Waals surface area contributed by atoms with Gasteiger partial charge in [-0.15, -0.1) is 0 Å². The van der Waals surface area contributed by atoms with Crippen LogP contribution in [-0.2, 0) is 9.59 Å². The monoisotopic (exact) mass is 251 g/mol. The first-order chi connectivity index (χ1) is 8.54. The molecule has 1 fully saturated rings. The minimum atomic E-state index is -0.560. The van der Waals surface area contributed by atoms with Crippen molar-refractivity contribution in [1.29, 1.82) is 5.26 Å². The van der Waals surface area contributed by atoms with E-state index in [1.165, 1.54) is 33.2 Å². The van der Waals surface area contributed by atoms with Gasteiger partial charge in [-0.05, 0) is 12.3 Å². The summed E-state index contributed by atoms with van der Waals surface area (Å²) < 4.78 is 0. The molecular formula is C13H21N3O2. The fourth-order valence-corrected chi connectivity index (χ4v) is 2.51. The highest BCUT2D eigenvalue weighted by Gasteiger charge is 2.27. The molecule has 0 aromatic carbocycles. The van der Waals surface area contributed by atoms with Gasteiger partial charge in [0.05, 0.1) is 0 Å². The average molecular weight is 251 g/mol. The number of carbonyl (C=O) groups excluding carboxylic acids is 2. The van der Waals surface area contributed by atoms with Gasteiger partial charge in [0.2, 0.25) is 5.91 Å². The molecule has 0 bridgehead atoms. The normalized spacial score (nSPS) is 17.6. The van der Waals surface area contributed by atoms with E-state index < -0.39 is 6.04 Å². The Bertz CT molecular complexity index is 343. The lowest BCUT2D eigenvalue weighted by Crippen LogP contribution is -2.46. The van der Waals surface area contributed by atoms with Crippen molar-refractivity contribution in [1.82, 2.24) is 10.2 Å². The zero-order chi connectivity index (χ0) is 13.5. The highest BCUT2D eigenvalue weighted by Crippen LogP contribution is 2.27. The molecule has 1 saturated carbocycles. The molecule has 18 heavy (non-hydrogen) atoms. The Kier molecular flexibility index (Phi) is 5.63. The summed E-state index contributed by atoms with van der Waals surface area (Å²) in [5.41, 5.74) is 0. The molecule has 0 spiro atoms. The van der Waals surface area contributed by atoms with Crippen LogP contribution in [0.25, 0.3) is 0 Å². The molecule has 0 aliphatic heterocycles.